The SMILES string of the molecule is CC(C)(C)c1ccc2c(c1)=c1cc(C(C)(C)C)c(=C3CCCCC3)c(C3=CC=CC3)c1[C]=2[Zr+2].[Cl-].[Cl-]. The molecule has 1 saturated carbocycles. The molecule has 0 radical (unpaired) electrons. The second-order valence-corrected chi connectivity index (χ2v) is 13.4. The first-order valence-electron chi connectivity index (χ1n) is 12.7. The molecule has 2 aromatic rings. The van der Waals surface area contributed by atoms with Crippen molar-refractivity contribution in [1.29, 1.82) is 0 Å². The van der Waals surface area contributed by atoms with E-state index in [2.05, 4.69) is 84.0 Å². The molecule has 0 aliphatic heterocycles. The molecule has 0 spiro atoms. The van der Waals surface area contributed by atoms with E-state index in [1.165, 1.54) is 83.6 Å². The minimum absolute atomic E-state index is 0. The number of benzene rings is 2. The predicted molar refractivity (Wildman–Crippen MR) is 138 cm³/mol. The van der Waals surface area contributed by atoms with Crippen LogP contribution in [0.5, 0.6) is 0 Å². The summed E-state index contributed by atoms with van der Waals surface area (Å²) in [6.45, 7) is 14.2. The Balaban J connectivity index is 0.00000171. The van der Waals surface area contributed by atoms with Gasteiger partial charge in [0.15, 0.2) is 0 Å². The molecule has 0 nitrogen and oxygen atoms in total. The van der Waals surface area contributed by atoms with E-state index in [0.29, 0.717) is 0 Å². The van der Waals surface area contributed by atoms with Gasteiger partial charge in [0.05, 0.1) is 0 Å². The van der Waals surface area contributed by atoms with Gasteiger partial charge in [-0.1, -0.05) is 0 Å². The predicted octanol–water partition coefficient (Wildman–Crippen LogP) is 1.05. The molecule has 3 aliphatic rings. The summed E-state index contributed by atoms with van der Waals surface area (Å²) >= 11 is 1.53. The van der Waals surface area contributed by atoms with Crippen molar-refractivity contribution in [3.63, 3.8) is 0 Å². The summed E-state index contributed by atoms with van der Waals surface area (Å²) in [5, 5.41) is 6.02. The molecule has 2 aromatic carbocycles. The van der Waals surface area contributed by atoms with Crippen LogP contribution >= 0.6 is 0 Å². The molecule has 3 aliphatic carbocycles. The maximum absolute atomic E-state index is 2.60. The van der Waals surface area contributed by atoms with Crippen LogP contribution in [0.4, 0.5) is 0 Å². The minimum Gasteiger partial charge on any atom is -1.00 e. The Bertz CT molecular complexity index is 1420. The summed E-state index contributed by atoms with van der Waals surface area (Å²) in [5.41, 5.74) is 9.61. The minimum atomic E-state index is 0. The Labute approximate surface area is 239 Å². The number of hydrogen-bond acceptors (Lipinski definition) is 0. The summed E-state index contributed by atoms with van der Waals surface area (Å²) in [6.07, 6.45) is 14.7. The third-order valence-electron chi connectivity index (χ3n) is 7.73. The van der Waals surface area contributed by atoms with Crippen LogP contribution in [0.3, 0.4) is 0 Å². The van der Waals surface area contributed by atoms with E-state index >= 15 is 0 Å². The topological polar surface area (TPSA) is 0 Å². The van der Waals surface area contributed by atoms with E-state index in [1.807, 2.05) is 0 Å². The van der Waals surface area contributed by atoms with Gasteiger partial charge < -0.3 is 24.8 Å². The first-order valence-corrected chi connectivity index (χ1v) is 14.0. The molecule has 0 heterocycles. The summed E-state index contributed by atoms with van der Waals surface area (Å²) < 4.78 is 1.55. The van der Waals surface area contributed by atoms with E-state index < -0.39 is 0 Å². The Morgan fingerprint density at radius 1 is 0.743 bits per heavy atom. The van der Waals surface area contributed by atoms with Gasteiger partial charge in [0.2, 0.25) is 0 Å². The molecule has 35 heavy (non-hydrogen) atoms. The van der Waals surface area contributed by atoms with E-state index in [9.17, 15) is 0 Å². The van der Waals surface area contributed by atoms with Crippen LogP contribution in [0.15, 0.2) is 42.5 Å². The number of rotatable bonds is 1. The third-order valence-corrected chi connectivity index (χ3v) is 9.01. The summed E-state index contributed by atoms with van der Waals surface area (Å²) in [5.74, 6) is 0. The van der Waals surface area contributed by atoms with Crippen LogP contribution in [0.1, 0.15) is 102 Å². The second-order valence-electron chi connectivity index (χ2n) is 12.2. The molecule has 0 amide bonds. The molecule has 1 fully saturated rings. The Morgan fingerprint density at radius 2 is 1.43 bits per heavy atom. The standard InChI is InChI=1S/C32H37.2ClH.Zr/c1-31(2,3)24-17-16-23-18-27-26(25(23)19-24)20-28(32(4,5)6)30(22-12-8-7-9-13-22)29(27)21-14-10-11-15-21;;;/h10-11,14,16-17,19-20H,7-9,12-13,15H2,1-6H3;2*1H;/q;;;+2/p-2. The fourth-order valence-corrected chi connectivity index (χ4v) is 7.06. The number of allylic oxidation sites excluding steroid dienone is 4. The van der Waals surface area contributed by atoms with Crippen molar-refractivity contribution in [2.75, 3.05) is 0 Å². The fraction of sp³-hybridized carbons (Fsp3) is 0.438. The zero-order valence-electron chi connectivity index (χ0n) is 22.0. The molecule has 3 heteroatoms. The average molecular weight is 584 g/mol. The smallest absolute Gasteiger partial charge is 1.00 e. The number of hydrogen-bond donors (Lipinski definition) is 0. The van der Waals surface area contributed by atoms with Gasteiger partial charge in [-0.3, -0.25) is 0 Å². The van der Waals surface area contributed by atoms with E-state index in [-0.39, 0.29) is 35.6 Å². The van der Waals surface area contributed by atoms with Gasteiger partial charge in [-0.15, -0.1) is 0 Å². The summed E-state index contributed by atoms with van der Waals surface area (Å²) in [6, 6.07) is 9.87. The van der Waals surface area contributed by atoms with Gasteiger partial charge in [-0.2, -0.15) is 0 Å². The summed E-state index contributed by atoms with van der Waals surface area (Å²) in [4.78, 5) is 0. The maximum atomic E-state index is 2.60. The van der Waals surface area contributed by atoms with Crippen molar-refractivity contribution in [1.82, 2.24) is 0 Å². The Kier molecular flexibility index (Phi) is 8.59. The quantitative estimate of drug-likeness (QED) is 0.471. The molecule has 183 valence electrons. The molecule has 5 rings (SSSR count). The van der Waals surface area contributed by atoms with Crippen molar-refractivity contribution >= 4 is 14.4 Å². The molecule has 0 N–H and O–H groups in total. The van der Waals surface area contributed by atoms with Crippen LogP contribution in [-0.2, 0) is 35.5 Å². The molecule has 0 bridgehead atoms. The van der Waals surface area contributed by atoms with Crippen LogP contribution in [0.25, 0.3) is 14.4 Å². The Morgan fingerprint density at radius 3 is 2.00 bits per heavy atom. The van der Waals surface area contributed by atoms with E-state index in [0.717, 1.165) is 6.42 Å². The molecule has 0 atom stereocenters. The van der Waals surface area contributed by atoms with Crippen molar-refractivity contribution < 1.29 is 49.5 Å². The van der Waals surface area contributed by atoms with Gasteiger partial charge in [0.25, 0.3) is 0 Å². The monoisotopic (exact) mass is 581 g/mol. The normalized spacial score (nSPS) is 17.0. The van der Waals surface area contributed by atoms with Crippen molar-refractivity contribution in [2.24, 2.45) is 0 Å². The van der Waals surface area contributed by atoms with E-state index in [1.54, 1.807) is 30.8 Å². The second kappa shape index (κ2) is 10.5. The van der Waals surface area contributed by atoms with Crippen molar-refractivity contribution in [2.45, 2.75) is 90.9 Å². The average Bonchev–Trinajstić information content (AvgIpc) is 3.39. The fourth-order valence-electron chi connectivity index (χ4n) is 5.88. The summed E-state index contributed by atoms with van der Waals surface area (Å²) in [7, 11) is 0. The molecule has 0 aromatic heterocycles. The molecular weight excluding hydrogens is 546 g/mol. The molecular formula is C32H37Cl2Zr. The van der Waals surface area contributed by atoms with Gasteiger partial charge in [-0.25, -0.2) is 0 Å². The van der Waals surface area contributed by atoms with Crippen LogP contribution in [-0.4, -0.2) is 0 Å². The molecule has 0 saturated heterocycles. The third kappa shape index (κ3) is 5.12. The van der Waals surface area contributed by atoms with E-state index in [4.69, 9.17) is 0 Å². The van der Waals surface area contributed by atoms with Crippen LogP contribution < -0.4 is 35.3 Å². The zero-order chi connectivity index (χ0) is 23.5. The number of halogens is 2. The first-order chi connectivity index (χ1) is 15.6. The van der Waals surface area contributed by atoms with Gasteiger partial charge in [0.1, 0.15) is 0 Å². The zero-order valence-corrected chi connectivity index (χ0v) is 26.0. The largest absolute Gasteiger partial charge is 1.00 e. The Hall–Kier alpha value is -0.877. The van der Waals surface area contributed by atoms with Gasteiger partial charge in [-0.05, 0) is 0 Å². The maximum Gasteiger partial charge on any atom is -1.00 e. The van der Waals surface area contributed by atoms with Gasteiger partial charge in [0, 0.05) is 0 Å². The molecule has 0 unspecified atom stereocenters. The first kappa shape index (κ1) is 28.7. The number of fused-ring (bicyclic) bond motifs is 2. The van der Waals surface area contributed by atoms with Gasteiger partial charge >= 0.3 is 216 Å². The van der Waals surface area contributed by atoms with Crippen molar-refractivity contribution in [3.05, 3.63) is 85.6 Å². The van der Waals surface area contributed by atoms with Crippen LogP contribution in [0, 0.1) is 10.4 Å². The van der Waals surface area contributed by atoms with Crippen molar-refractivity contribution in [3.8, 4) is 0 Å². The van der Waals surface area contributed by atoms with Crippen LogP contribution in [0.2, 0.25) is 0 Å².